The zero-order valence-corrected chi connectivity index (χ0v) is 16.5. The van der Waals surface area contributed by atoms with Crippen LogP contribution in [0.15, 0.2) is 48.2 Å². The highest BCUT2D eigenvalue weighted by Gasteiger charge is 2.40. The second-order valence-electron chi connectivity index (χ2n) is 6.97. The summed E-state index contributed by atoms with van der Waals surface area (Å²) in [6, 6.07) is 12.2. The lowest BCUT2D eigenvalue weighted by molar-refractivity contribution is -0.138. The molecule has 0 aromatic heterocycles. The predicted octanol–water partition coefficient (Wildman–Crippen LogP) is 3.41. The van der Waals surface area contributed by atoms with Crippen LogP contribution in [-0.2, 0) is 9.59 Å². The fourth-order valence-electron chi connectivity index (χ4n) is 3.40. The molecule has 2 aromatic carbocycles. The molecule has 0 fully saturated rings. The number of amides is 2. The lowest BCUT2D eigenvalue weighted by Crippen LogP contribution is -2.38. The highest BCUT2D eigenvalue weighted by atomic mass is 16.7. The molecule has 2 amide bonds. The second kappa shape index (κ2) is 7.50. The van der Waals surface area contributed by atoms with Gasteiger partial charge in [0.25, 0.3) is 11.8 Å². The fourth-order valence-corrected chi connectivity index (χ4v) is 3.40. The quantitative estimate of drug-likeness (QED) is 0.757. The van der Waals surface area contributed by atoms with Gasteiger partial charge >= 0.3 is 0 Å². The Kier molecular flexibility index (Phi) is 4.88. The van der Waals surface area contributed by atoms with Crippen molar-refractivity contribution in [3.05, 3.63) is 53.7 Å². The molecule has 0 aliphatic carbocycles. The smallest absolute Gasteiger partial charge is 0.278 e. The van der Waals surface area contributed by atoms with E-state index in [1.807, 2.05) is 20.8 Å². The first-order chi connectivity index (χ1) is 14.0. The molecular weight excluding hydrogens is 372 g/mol. The van der Waals surface area contributed by atoms with Crippen LogP contribution in [0.5, 0.6) is 17.2 Å². The Morgan fingerprint density at radius 1 is 1.03 bits per heavy atom. The summed E-state index contributed by atoms with van der Waals surface area (Å²) in [4.78, 5) is 27.4. The van der Waals surface area contributed by atoms with Gasteiger partial charge in [0.2, 0.25) is 6.79 Å². The summed E-state index contributed by atoms with van der Waals surface area (Å²) < 4.78 is 16.2. The lowest BCUT2D eigenvalue weighted by atomic mass is 10.0. The largest absolute Gasteiger partial charge is 0.494 e. The zero-order valence-electron chi connectivity index (χ0n) is 16.5. The first-order valence-electron chi connectivity index (χ1n) is 9.51. The Morgan fingerprint density at radius 3 is 2.45 bits per heavy atom. The number of hydrogen-bond acceptors (Lipinski definition) is 6. The topological polar surface area (TPSA) is 77.1 Å². The van der Waals surface area contributed by atoms with Gasteiger partial charge in [-0.1, -0.05) is 12.1 Å². The van der Waals surface area contributed by atoms with Gasteiger partial charge in [-0.2, -0.15) is 0 Å². The number of nitrogens with zero attached hydrogens (tertiary/aromatic N) is 1. The molecule has 7 heteroatoms. The van der Waals surface area contributed by atoms with E-state index in [0.29, 0.717) is 40.7 Å². The number of fused-ring (bicyclic) bond motifs is 1. The minimum Gasteiger partial charge on any atom is -0.494 e. The Balaban J connectivity index is 1.74. The number of hydrogen-bond donors (Lipinski definition) is 1. The third-order valence-corrected chi connectivity index (χ3v) is 4.73. The molecule has 2 aromatic rings. The van der Waals surface area contributed by atoms with Gasteiger partial charge in [-0.05, 0) is 50.6 Å². The van der Waals surface area contributed by atoms with Gasteiger partial charge in [-0.25, -0.2) is 0 Å². The summed E-state index contributed by atoms with van der Waals surface area (Å²) in [5.41, 5.74) is 1.87. The van der Waals surface area contributed by atoms with E-state index in [1.165, 1.54) is 4.90 Å². The molecule has 1 N–H and O–H groups in total. The van der Waals surface area contributed by atoms with Crippen molar-refractivity contribution in [1.82, 2.24) is 4.90 Å². The van der Waals surface area contributed by atoms with Gasteiger partial charge in [0.15, 0.2) is 11.5 Å². The Hall–Kier alpha value is -3.48. The van der Waals surface area contributed by atoms with Crippen LogP contribution < -0.4 is 19.5 Å². The Bertz CT molecular complexity index is 995. The molecule has 2 heterocycles. The van der Waals surface area contributed by atoms with Crippen molar-refractivity contribution in [1.29, 1.82) is 0 Å². The van der Waals surface area contributed by atoms with Crippen LogP contribution in [0.4, 0.5) is 5.69 Å². The van der Waals surface area contributed by atoms with Crippen LogP contribution >= 0.6 is 0 Å². The van der Waals surface area contributed by atoms with Gasteiger partial charge in [0.05, 0.1) is 12.2 Å². The number of anilines is 1. The summed E-state index contributed by atoms with van der Waals surface area (Å²) in [5.74, 6) is 1.27. The third-order valence-electron chi connectivity index (χ3n) is 4.73. The van der Waals surface area contributed by atoms with E-state index in [-0.39, 0.29) is 30.3 Å². The first-order valence-corrected chi connectivity index (χ1v) is 9.51. The maximum absolute atomic E-state index is 13.1. The van der Waals surface area contributed by atoms with Crippen molar-refractivity contribution in [3.8, 4) is 17.2 Å². The molecule has 0 saturated carbocycles. The minimum absolute atomic E-state index is 0.164. The van der Waals surface area contributed by atoms with Crippen molar-refractivity contribution < 1.29 is 23.8 Å². The molecule has 0 spiro atoms. The number of ether oxygens (including phenoxy) is 3. The van der Waals surface area contributed by atoms with E-state index in [1.54, 1.807) is 42.5 Å². The van der Waals surface area contributed by atoms with Crippen LogP contribution in [-0.4, -0.2) is 36.2 Å². The van der Waals surface area contributed by atoms with Gasteiger partial charge in [-0.3, -0.25) is 14.5 Å². The zero-order chi connectivity index (χ0) is 20.5. The van der Waals surface area contributed by atoms with Crippen LogP contribution in [0, 0.1) is 0 Å². The van der Waals surface area contributed by atoms with E-state index in [0.717, 1.165) is 0 Å². The first kappa shape index (κ1) is 18.9. The number of benzene rings is 2. The monoisotopic (exact) mass is 394 g/mol. The Labute approximate surface area is 168 Å². The molecule has 150 valence electrons. The highest BCUT2D eigenvalue weighted by Crippen LogP contribution is 2.37. The van der Waals surface area contributed by atoms with E-state index >= 15 is 0 Å². The van der Waals surface area contributed by atoms with Gasteiger partial charge in [0.1, 0.15) is 11.4 Å². The third kappa shape index (κ3) is 3.40. The van der Waals surface area contributed by atoms with Gasteiger partial charge in [0, 0.05) is 17.8 Å². The molecule has 4 rings (SSSR count). The van der Waals surface area contributed by atoms with E-state index in [4.69, 9.17) is 14.2 Å². The van der Waals surface area contributed by atoms with Crippen LogP contribution in [0.2, 0.25) is 0 Å². The standard InChI is InChI=1S/C22H22N2O5/c1-4-27-16-8-5-14(6-9-16)19-20(22(26)24(13(2)3)21(19)25)23-15-7-10-17-18(11-15)29-12-28-17/h5-11,13,23H,4,12H2,1-3H3. The van der Waals surface area contributed by atoms with Crippen LogP contribution in [0.3, 0.4) is 0 Å². The molecule has 0 bridgehead atoms. The van der Waals surface area contributed by atoms with Crippen molar-refractivity contribution in [2.45, 2.75) is 26.8 Å². The van der Waals surface area contributed by atoms with Crippen molar-refractivity contribution in [2.24, 2.45) is 0 Å². The van der Waals surface area contributed by atoms with E-state index in [2.05, 4.69) is 5.32 Å². The number of imide groups is 1. The second-order valence-corrected chi connectivity index (χ2v) is 6.97. The minimum atomic E-state index is -0.355. The molecule has 0 saturated heterocycles. The Morgan fingerprint density at radius 2 is 1.76 bits per heavy atom. The number of rotatable bonds is 6. The van der Waals surface area contributed by atoms with E-state index < -0.39 is 0 Å². The van der Waals surface area contributed by atoms with Crippen LogP contribution in [0.25, 0.3) is 5.57 Å². The van der Waals surface area contributed by atoms with Crippen molar-refractivity contribution in [3.63, 3.8) is 0 Å². The summed E-state index contributed by atoms with van der Waals surface area (Å²) in [6.45, 7) is 6.25. The van der Waals surface area contributed by atoms with E-state index in [9.17, 15) is 9.59 Å². The lowest BCUT2D eigenvalue weighted by Gasteiger charge is -2.19. The normalized spacial score (nSPS) is 15.5. The molecule has 7 nitrogen and oxygen atoms in total. The van der Waals surface area contributed by atoms with Gasteiger partial charge in [-0.15, -0.1) is 0 Å². The summed E-state index contributed by atoms with van der Waals surface area (Å²) >= 11 is 0. The average molecular weight is 394 g/mol. The van der Waals surface area contributed by atoms with Crippen molar-refractivity contribution >= 4 is 23.1 Å². The molecule has 2 aliphatic heterocycles. The van der Waals surface area contributed by atoms with Crippen molar-refractivity contribution in [2.75, 3.05) is 18.7 Å². The maximum atomic E-state index is 13.1. The summed E-state index contributed by atoms with van der Waals surface area (Å²) in [7, 11) is 0. The number of nitrogens with one attached hydrogen (secondary N) is 1. The maximum Gasteiger partial charge on any atom is 0.278 e. The molecule has 0 atom stereocenters. The average Bonchev–Trinajstić information content (AvgIpc) is 3.25. The number of carbonyl (C=O) groups excluding carboxylic acids is 2. The highest BCUT2D eigenvalue weighted by molar-refractivity contribution is 6.36. The SMILES string of the molecule is CCOc1ccc(C2=C(Nc3ccc4c(c3)OCO4)C(=O)N(C(C)C)C2=O)cc1. The molecule has 0 radical (unpaired) electrons. The predicted molar refractivity (Wildman–Crippen MR) is 108 cm³/mol. The van der Waals surface area contributed by atoms with Gasteiger partial charge < -0.3 is 19.5 Å². The summed E-state index contributed by atoms with van der Waals surface area (Å²) in [5, 5.41) is 3.12. The summed E-state index contributed by atoms with van der Waals surface area (Å²) in [6.07, 6.45) is 0. The molecule has 2 aliphatic rings. The molecule has 29 heavy (non-hydrogen) atoms. The molecule has 0 unspecified atom stereocenters. The number of carbonyl (C=O) groups is 2. The molecular formula is C22H22N2O5. The fraction of sp³-hybridized carbons (Fsp3) is 0.273. The van der Waals surface area contributed by atoms with Crippen LogP contribution in [0.1, 0.15) is 26.3 Å².